The van der Waals surface area contributed by atoms with Crippen LogP contribution in [0, 0.1) is 0 Å². The summed E-state index contributed by atoms with van der Waals surface area (Å²) in [5.74, 6) is 1.65. The van der Waals surface area contributed by atoms with Gasteiger partial charge in [-0.25, -0.2) is 15.0 Å². The van der Waals surface area contributed by atoms with E-state index in [4.69, 9.17) is 15.0 Å². The van der Waals surface area contributed by atoms with Crippen molar-refractivity contribution in [3.8, 4) is 11.4 Å². The van der Waals surface area contributed by atoms with Crippen LogP contribution >= 0.6 is 11.3 Å². The van der Waals surface area contributed by atoms with Crippen molar-refractivity contribution in [3.05, 3.63) is 36.0 Å². The van der Waals surface area contributed by atoms with Crippen LogP contribution in [0.5, 0.6) is 0 Å². The first-order valence-corrected chi connectivity index (χ1v) is 11.2. The van der Waals surface area contributed by atoms with Crippen molar-refractivity contribution in [1.82, 2.24) is 19.5 Å². The van der Waals surface area contributed by atoms with Gasteiger partial charge in [-0.05, 0) is 25.3 Å². The summed E-state index contributed by atoms with van der Waals surface area (Å²) in [4.78, 5) is 14.6. The van der Waals surface area contributed by atoms with Gasteiger partial charge in [0.1, 0.15) is 5.52 Å². The number of imidazole rings is 1. The van der Waals surface area contributed by atoms with Crippen molar-refractivity contribution < 1.29 is 0 Å². The molecule has 5 rings (SSSR count). The van der Waals surface area contributed by atoms with Crippen LogP contribution in [0.1, 0.15) is 51.5 Å². The van der Waals surface area contributed by atoms with Gasteiger partial charge in [0.05, 0.1) is 6.33 Å². The average Bonchev–Trinajstić information content (AvgIpc) is 3.37. The molecule has 0 bridgehead atoms. The van der Waals surface area contributed by atoms with E-state index in [1.54, 1.807) is 11.3 Å². The highest BCUT2D eigenvalue weighted by molar-refractivity contribution is 7.17. The van der Waals surface area contributed by atoms with E-state index < -0.39 is 0 Å². The van der Waals surface area contributed by atoms with Gasteiger partial charge in [-0.1, -0.05) is 44.4 Å². The Balaban J connectivity index is 1.68. The largest absolute Gasteiger partial charge is 0.368 e. The van der Waals surface area contributed by atoms with Gasteiger partial charge in [0.15, 0.2) is 17.3 Å². The Hall–Kier alpha value is -2.47. The van der Waals surface area contributed by atoms with E-state index in [1.165, 1.54) is 42.2 Å². The molecular weight excluding hydrogens is 366 g/mol. The maximum absolute atomic E-state index is 5.03. The maximum atomic E-state index is 5.03. The van der Waals surface area contributed by atoms with Crippen LogP contribution in [0.25, 0.3) is 32.6 Å². The maximum Gasteiger partial charge on any atom is 0.166 e. The molecule has 0 unspecified atom stereocenters. The highest BCUT2D eigenvalue weighted by Gasteiger charge is 2.21. The Bertz CT molecular complexity index is 1110. The molecule has 1 aliphatic rings. The number of thiophene rings is 1. The molecule has 3 aromatic heterocycles. The van der Waals surface area contributed by atoms with E-state index in [0.29, 0.717) is 6.04 Å². The first-order valence-electron chi connectivity index (χ1n) is 10.3. The lowest BCUT2D eigenvalue weighted by Crippen LogP contribution is -2.13. The number of rotatable bonds is 5. The number of aromatic nitrogens is 4. The number of hydrogen-bond acceptors (Lipinski definition) is 5. The van der Waals surface area contributed by atoms with Crippen molar-refractivity contribution in [3.63, 3.8) is 0 Å². The normalized spacial score (nSPS) is 15.5. The van der Waals surface area contributed by atoms with Crippen LogP contribution in [0.15, 0.2) is 36.0 Å². The molecule has 144 valence electrons. The van der Waals surface area contributed by atoms with Crippen LogP contribution in [0.3, 0.4) is 0 Å². The van der Waals surface area contributed by atoms with Gasteiger partial charge in [0.2, 0.25) is 0 Å². The lowest BCUT2D eigenvalue weighted by atomic mass is 9.95. The molecule has 1 N–H and O–H groups in total. The fraction of sp³-hybridized carbons (Fsp3) is 0.409. The second-order valence-corrected chi connectivity index (χ2v) is 8.50. The fourth-order valence-corrected chi connectivity index (χ4v) is 5.12. The summed E-state index contributed by atoms with van der Waals surface area (Å²) in [5, 5.41) is 6.88. The number of nitrogens with one attached hydrogen (secondary N) is 1. The van der Waals surface area contributed by atoms with Gasteiger partial charge in [-0.2, -0.15) is 0 Å². The smallest absolute Gasteiger partial charge is 0.166 e. The molecule has 1 saturated carbocycles. The molecule has 0 spiro atoms. The quantitative estimate of drug-likeness (QED) is 0.451. The zero-order valence-corrected chi connectivity index (χ0v) is 17.0. The molecule has 0 atom stereocenters. The summed E-state index contributed by atoms with van der Waals surface area (Å²) in [5.41, 5.74) is 2.96. The third-order valence-corrected chi connectivity index (χ3v) is 6.62. The van der Waals surface area contributed by atoms with E-state index in [2.05, 4.69) is 46.5 Å². The van der Waals surface area contributed by atoms with Crippen LogP contribution in [-0.2, 0) is 0 Å². The molecule has 0 saturated heterocycles. The number of anilines is 1. The number of fused-ring (bicyclic) bond motifs is 2. The van der Waals surface area contributed by atoms with E-state index in [-0.39, 0.29) is 0 Å². The molecule has 1 aliphatic carbocycles. The molecule has 5 nitrogen and oxygen atoms in total. The SMILES string of the molecule is CCCNc1nc(-c2csc3ccccc23)nc2c1ncn2C1CCCCC1. The van der Waals surface area contributed by atoms with Crippen molar-refractivity contribution in [1.29, 1.82) is 0 Å². The molecule has 28 heavy (non-hydrogen) atoms. The first kappa shape index (κ1) is 17.6. The average molecular weight is 392 g/mol. The molecule has 0 aliphatic heterocycles. The summed E-state index contributed by atoms with van der Waals surface area (Å²) in [7, 11) is 0. The van der Waals surface area contributed by atoms with Crippen molar-refractivity contribution in [2.24, 2.45) is 0 Å². The molecule has 4 aromatic rings. The predicted molar refractivity (Wildman–Crippen MR) is 117 cm³/mol. The molecular formula is C22H25N5S. The van der Waals surface area contributed by atoms with Crippen LogP contribution in [-0.4, -0.2) is 26.1 Å². The molecule has 1 fully saturated rings. The minimum atomic E-state index is 0.500. The number of benzene rings is 1. The van der Waals surface area contributed by atoms with E-state index in [0.717, 1.165) is 41.3 Å². The van der Waals surface area contributed by atoms with Crippen molar-refractivity contribution in [2.75, 3.05) is 11.9 Å². The number of hydrogen-bond donors (Lipinski definition) is 1. The zero-order valence-electron chi connectivity index (χ0n) is 16.2. The van der Waals surface area contributed by atoms with Crippen LogP contribution in [0.2, 0.25) is 0 Å². The van der Waals surface area contributed by atoms with E-state index in [9.17, 15) is 0 Å². The third-order valence-electron chi connectivity index (χ3n) is 5.65. The second-order valence-electron chi connectivity index (χ2n) is 7.58. The second kappa shape index (κ2) is 7.51. The third kappa shape index (κ3) is 3.05. The Morgan fingerprint density at radius 3 is 2.86 bits per heavy atom. The fourth-order valence-electron chi connectivity index (χ4n) is 4.18. The monoisotopic (exact) mass is 391 g/mol. The standard InChI is InChI=1S/C22H25N5S/c1-2-12-23-21-19-22(27(14-24-19)15-8-4-3-5-9-15)26-20(25-21)17-13-28-18-11-7-6-10-16(17)18/h6-7,10-11,13-15H,2-5,8-9,12H2,1H3,(H,23,25,26). The molecule has 3 heterocycles. The summed E-state index contributed by atoms with van der Waals surface area (Å²) in [6.45, 7) is 3.05. The molecule has 0 radical (unpaired) electrons. The highest BCUT2D eigenvalue weighted by Crippen LogP contribution is 2.35. The molecule has 0 amide bonds. The van der Waals surface area contributed by atoms with Crippen molar-refractivity contribution >= 4 is 38.4 Å². The van der Waals surface area contributed by atoms with E-state index >= 15 is 0 Å². The van der Waals surface area contributed by atoms with Crippen LogP contribution in [0.4, 0.5) is 5.82 Å². The van der Waals surface area contributed by atoms with Gasteiger partial charge in [0, 0.05) is 33.6 Å². The summed E-state index contributed by atoms with van der Waals surface area (Å²) in [6.07, 6.45) is 9.37. The van der Waals surface area contributed by atoms with Crippen molar-refractivity contribution in [2.45, 2.75) is 51.5 Å². The topological polar surface area (TPSA) is 55.6 Å². The number of nitrogens with zero attached hydrogens (tertiary/aromatic N) is 4. The van der Waals surface area contributed by atoms with Crippen LogP contribution < -0.4 is 5.32 Å². The predicted octanol–water partition coefficient (Wildman–Crippen LogP) is 6.04. The van der Waals surface area contributed by atoms with Gasteiger partial charge in [-0.15, -0.1) is 11.3 Å². The van der Waals surface area contributed by atoms with Gasteiger partial charge in [-0.3, -0.25) is 0 Å². The van der Waals surface area contributed by atoms with E-state index in [1.807, 2.05) is 6.33 Å². The van der Waals surface area contributed by atoms with Gasteiger partial charge >= 0.3 is 0 Å². The molecule has 6 heteroatoms. The Kier molecular flexibility index (Phi) is 4.72. The lowest BCUT2D eigenvalue weighted by molar-refractivity contribution is 0.358. The summed E-state index contributed by atoms with van der Waals surface area (Å²) in [6, 6.07) is 8.98. The molecule has 1 aromatic carbocycles. The Morgan fingerprint density at radius 2 is 2.00 bits per heavy atom. The lowest BCUT2D eigenvalue weighted by Gasteiger charge is -2.23. The minimum absolute atomic E-state index is 0.500. The zero-order chi connectivity index (χ0) is 18.9. The first-order chi connectivity index (χ1) is 13.8. The Labute approximate surface area is 168 Å². The summed E-state index contributed by atoms with van der Waals surface area (Å²) >= 11 is 1.75. The van der Waals surface area contributed by atoms with Gasteiger partial charge < -0.3 is 9.88 Å². The minimum Gasteiger partial charge on any atom is -0.368 e. The van der Waals surface area contributed by atoms with Gasteiger partial charge in [0.25, 0.3) is 0 Å². The highest BCUT2D eigenvalue weighted by atomic mass is 32.1. The summed E-state index contributed by atoms with van der Waals surface area (Å²) < 4.78 is 3.57. The Morgan fingerprint density at radius 1 is 1.14 bits per heavy atom.